The third kappa shape index (κ3) is 5.98. The molecule has 0 spiro atoms. The third-order valence-electron chi connectivity index (χ3n) is 5.30. The summed E-state index contributed by atoms with van der Waals surface area (Å²) in [6, 6.07) is 8.84. The molecular formula is C21H25F3N4O3S. The lowest BCUT2D eigenvalue weighted by atomic mass is 9.97. The standard InChI is InChI=1S/C21H25F3N4O3S/c1-15-2-5-18(6-3-15)32(30,31)28-12-8-16(9-13-28)20(29)26-11-10-25-19-7-4-17(14-27-19)21(22,23)24/h2-7,14,16H,8-13H2,1H3,(H,25,27)(H,26,29). The Kier molecular flexibility index (Phi) is 7.40. The number of halogens is 3. The van der Waals surface area contributed by atoms with Gasteiger partial charge in [0.15, 0.2) is 0 Å². The van der Waals surface area contributed by atoms with E-state index < -0.39 is 21.8 Å². The summed E-state index contributed by atoms with van der Waals surface area (Å²) in [6.07, 6.45) is -2.84. The summed E-state index contributed by atoms with van der Waals surface area (Å²) in [6.45, 7) is 2.98. The van der Waals surface area contributed by atoms with E-state index in [4.69, 9.17) is 0 Å². The quantitative estimate of drug-likeness (QED) is 0.607. The minimum Gasteiger partial charge on any atom is -0.368 e. The lowest BCUT2D eigenvalue weighted by molar-refractivity contribution is -0.137. The lowest BCUT2D eigenvalue weighted by Crippen LogP contribution is -2.43. The molecule has 2 heterocycles. The number of aryl methyl sites for hydroxylation is 1. The molecule has 0 atom stereocenters. The summed E-state index contributed by atoms with van der Waals surface area (Å²) < 4.78 is 64.5. The number of alkyl halides is 3. The first-order valence-corrected chi connectivity index (χ1v) is 11.6. The van der Waals surface area contributed by atoms with Crippen LogP contribution in [0, 0.1) is 12.8 Å². The molecule has 1 aromatic carbocycles. The van der Waals surface area contributed by atoms with Gasteiger partial charge in [-0.15, -0.1) is 0 Å². The second-order valence-electron chi connectivity index (χ2n) is 7.64. The summed E-state index contributed by atoms with van der Waals surface area (Å²) in [5.41, 5.74) is 0.148. The van der Waals surface area contributed by atoms with Crippen LogP contribution in [-0.2, 0) is 21.0 Å². The number of piperidine rings is 1. The summed E-state index contributed by atoms with van der Waals surface area (Å²) in [7, 11) is -3.58. The number of hydrogen-bond donors (Lipinski definition) is 2. The molecule has 11 heteroatoms. The first-order chi connectivity index (χ1) is 15.1. The molecule has 1 aliphatic heterocycles. The monoisotopic (exact) mass is 470 g/mol. The molecule has 32 heavy (non-hydrogen) atoms. The van der Waals surface area contributed by atoms with Crippen LogP contribution in [0.5, 0.6) is 0 Å². The van der Waals surface area contributed by atoms with Crippen LogP contribution < -0.4 is 10.6 Å². The summed E-state index contributed by atoms with van der Waals surface area (Å²) in [5, 5.41) is 5.62. The van der Waals surface area contributed by atoms with Gasteiger partial charge in [-0.2, -0.15) is 17.5 Å². The number of carbonyl (C=O) groups is 1. The maximum absolute atomic E-state index is 12.7. The van der Waals surface area contributed by atoms with Crippen molar-refractivity contribution in [3.8, 4) is 0 Å². The Hall–Kier alpha value is -2.66. The highest BCUT2D eigenvalue weighted by atomic mass is 32.2. The Bertz CT molecular complexity index is 1020. The minimum absolute atomic E-state index is 0.167. The Morgan fingerprint density at radius 2 is 1.75 bits per heavy atom. The van der Waals surface area contributed by atoms with Gasteiger partial charge >= 0.3 is 6.18 Å². The van der Waals surface area contributed by atoms with Crippen molar-refractivity contribution in [1.82, 2.24) is 14.6 Å². The van der Waals surface area contributed by atoms with E-state index in [9.17, 15) is 26.4 Å². The van der Waals surface area contributed by atoms with Gasteiger partial charge in [0, 0.05) is 38.3 Å². The number of nitrogens with zero attached hydrogens (tertiary/aromatic N) is 2. The molecule has 0 bridgehead atoms. The third-order valence-corrected chi connectivity index (χ3v) is 7.22. The lowest BCUT2D eigenvalue weighted by Gasteiger charge is -2.30. The van der Waals surface area contributed by atoms with E-state index in [1.54, 1.807) is 24.3 Å². The summed E-state index contributed by atoms with van der Waals surface area (Å²) >= 11 is 0. The number of amides is 1. The molecular weight excluding hydrogens is 445 g/mol. The second kappa shape index (κ2) is 9.86. The fourth-order valence-electron chi connectivity index (χ4n) is 3.40. The van der Waals surface area contributed by atoms with Crippen molar-refractivity contribution in [2.24, 2.45) is 5.92 Å². The molecule has 174 valence electrons. The van der Waals surface area contributed by atoms with Gasteiger partial charge in [0.1, 0.15) is 5.82 Å². The van der Waals surface area contributed by atoms with E-state index in [1.807, 2.05) is 6.92 Å². The minimum atomic E-state index is -4.44. The number of benzene rings is 1. The molecule has 2 N–H and O–H groups in total. The van der Waals surface area contributed by atoms with Crippen molar-refractivity contribution < 1.29 is 26.4 Å². The number of hydrogen-bond acceptors (Lipinski definition) is 5. The molecule has 0 radical (unpaired) electrons. The number of nitrogens with one attached hydrogen (secondary N) is 2. The molecule has 0 unspecified atom stereocenters. The highest BCUT2D eigenvalue weighted by Gasteiger charge is 2.32. The van der Waals surface area contributed by atoms with E-state index in [-0.39, 0.29) is 42.2 Å². The number of sulfonamides is 1. The Morgan fingerprint density at radius 1 is 1.09 bits per heavy atom. The van der Waals surface area contributed by atoms with Gasteiger partial charge in [-0.1, -0.05) is 17.7 Å². The molecule has 0 aliphatic carbocycles. The predicted molar refractivity (Wildman–Crippen MR) is 113 cm³/mol. The van der Waals surface area contributed by atoms with Crippen molar-refractivity contribution in [3.63, 3.8) is 0 Å². The molecule has 1 saturated heterocycles. The fraction of sp³-hybridized carbons (Fsp3) is 0.429. The van der Waals surface area contributed by atoms with Crippen LogP contribution in [0.15, 0.2) is 47.5 Å². The maximum Gasteiger partial charge on any atom is 0.417 e. The molecule has 2 aromatic rings. The Balaban J connectivity index is 1.41. The van der Waals surface area contributed by atoms with Crippen LogP contribution in [0.1, 0.15) is 24.0 Å². The smallest absolute Gasteiger partial charge is 0.368 e. The fourth-order valence-corrected chi connectivity index (χ4v) is 4.87. The highest BCUT2D eigenvalue weighted by molar-refractivity contribution is 7.89. The summed E-state index contributed by atoms with van der Waals surface area (Å²) in [5.74, 6) is -0.176. The number of rotatable bonds is 7. The maximum atomic E-state index is 12.7. The average molecular weight is 471 g/mol. The molecule has 1 aromatic heterocycles. The first-order valence-electron chi connectivity index (χ1n) is 10.2. The van der Waals surface area contributed by atoms with Gasteiger partial charge < -0.3 is 10.6 Å². The van der Waals surface area contributed by atoms with Crippen molar-refractivity contribution >= 4 is 21.7 Å². The second-order valence-corrected chi connectivity index (χ2v) is 9.58. The van der Waals surface area contributed by atoms with Gasteiger partial charge in [-0.25, -0.2) is 13.4 Å². The Labute approximate surface area is 185 Å². The van der Waals surface area contributed by atoms with E-state index >= 15 is 0 Å². The number of pyridine rings is 1. The topological polar surface area (TPSA) is 91.4 Å². The largest absolute Gasteiger partial charge is 0.417 e. The van der Waals surface area contributed by atoms with Crippen LogP contribution in [0.2, 0.25) is 0 Å². The molecule has 1 amide bonds. The average Bonchev–Trinajstić information content (AvgIpc) is 2.76. The molecule has 1 fully saturated rings. The van der Waals surface area contributed by atoms with Crippen LogP contribution in [-0.4, -0.2) is 49.8 Å². The van der Waals surface area contributed by atoms with Gasteiger partial charge in [0.05, 0.1) is 10.5 Å². The van der Waals surface area contributed by atoms with Crippen molar-refractivity contribution in [2.45, 2.75) is 30.8 Å². The van der Waals surface area contributed by atoms with E-state index in [0.29, 0.717) is 19.4 Å². The number of anilines is 1. The predicted octanol–water partition coefficient (Wildman–Crippen LogP) is 3.04. The van der Waals surface area contributed by atoms with Gasteiger partial charge in [-0.3, -0.25) is 4.79 Å². The SMILES string of the molecule is Cc1ccc(S(=O)(=O)N2CCC(C(=O)NCCNc3ccc(C(F)(F)F)cn3)CC2)cc1. The van der Waals surface area contributed by atoms with Crippen molar-refractivity contribution in [3.05, 3.63) is 53.7 Å². The van der Waals surface area contributed by atoms with Gasteiger partial charge in [-0.05, 0) is 44.0 Å². The van der Waals surface area contributed by atoms with Crippen LogP contribution in [0.4, 0.5) is 19.0 Å². The zero-order valence-corrected chi connectivity index (χ0v) is 18.3. The number of aromatic nitrogens is 1. The van der Waals surface area contributed by atoms with Gasteiger partial charge in [0.2, 0.25) is 15.9 Å². The zero-order valence-electron chi connectivity index (χ0n) is 17.5. The van der Waals surface area contributed by atoms with Crippen LogP contribution in [0.25, 0.3) is 0 Å². The van der Waals surface area contributed by atoms with E-state index in [1.165, 1.54) is 10.4 Å². The number of carbonyl (C=O) groups excluding carboxylic acids is 1. The van der Waals surface area contributed by atoms with Crippen LogP contribution in [0.3, 0.4) is 0 Å². The highest BCUT2D eigenvalue weighted by Crippen LogP contribution is 2.29. The zero-order chi connectivity index (χ0) is 23.4. The summed E-state index contributed by atoms with van der Waals surface area (Å²) in [4.78, 5) is 16.3. The molecule has 0 saturated carbocycles. The molecule has 1 aliphatic rings. The molecule has 7 nitrogen and oxygen atoms in total. The van der Waals surface area contributed by atoms with E-state index in [0.717, 1.165) is 17.8 Å². The van der Waals surface area contributed by atoms with E-state index in [2.05, 4.69) is 15.6 Å². The Morgan fingerprint density at radius 3 is 2.31 bits per heavy atom. The first kappa shape index (κ1) is 24.0. The van der Waals surface area contributed by atoms with Crippen molar-refractivity contribution in [1.29, 1.82) is 0 Å². The van der Waals surface area contributed by atoms with Crippen molar-refractivity contribution in [2.75, 3.05) is 31.5 Å². The normalized spacial score (nSPS) is 16.0. The van der Waals surface area contributed by atoms with Crippen LogP contribution >= 0.6 is 0 Å². The van der Waals surface area contributed by atoms with Gasteiger partial charge in [0.25, 0.3) is 0 Å². The molecule has 3 rings (SSSR count).